The Morgan fingerprint density at radius 1 is 1.22 bits per heavy atom. The van der Waals surface area contributed by atoms with E-state index in [1.54, 1.807) is 16.8 Å². The highest BCUT2D eigenvalue weighted by atomic mass is 32.2. The van der Waals surface area contributed by atoms with Gasteiger partial charge in [-0.15, -0.1) is 0 Å². The van der Waals surface area contributed by atoms with Crippen molar-refractivity contribution in [3.05, 3.63) is 35.0 Å². The summed E-state index contributed by atoms with van der Waals surface area (Å²) in [6.45, 7) is 19.5. The number of fused-ring (bicyclic) bond motifs is 1. The van der Waals surface area contributed by atoms with Crippen molar-refractivity contribution in [3.63, 3.8) is 0 Å². The van der Waals surface area contributed by atoms with Crippen molar-refractivity contribution in [2.45, 2.75) is 96.3 Å². The quantitative estimate of drug-likeness (QED) is 0.410. The van der Waals surface area contributed by atoms with Gasteiger partial charge >= 0.3 is 6.03 Å². The number of anilines is 1. The SMILES string of the molecule is CC(C)c1cc(C#N)cc(C(C)C)c1NC(=O)NS(=O)(=N[Si](C)(C)C(C)(C)C)c1cnn2c1OCCC2. The molecule has 0 aliphatic carbocycles. The molecular weight excluding hydrogens is 504 g/mol. The van der Waals surface area contributed by atoms with E-state index in [-0.39, 0.29) is 16.9 Å². The Hall–Kier alpha value is -2.84. The number of hydrogen-bond donors (Lipinski definition) is 2. The van der Waals surface area contributed by atoms with Crippen LogP contribution in [0.4, 0.5) is 10.5 Å². The number of urea groups is 1. The average molecular weight is 545 g/mol. The Bertz CT molecular complexity index is 1310. The van der Waals surface area contributed by atoms with E-state index < -0.39 is 24.2 Å². The second-order valence-corrected chi connectivity index (χ2v) is 18.7. The molecule has 0 bridgehead atoms. The van der Waals surface area contributed by atoms with Crippen LogP contribution in [0.1, 0.15) is 83.4 Å². The normalized spacial score (nSPS) is 15.4. The smallest absolute Gasteiger partial charge is 0.331 e. The summed E-state index contributed by atoms with van der Waals surface area (Å²) in [5.41, 5.74) is 2.86. The lowest BCUT2D eigenvalue weighted by molar-refractivity contribution is 0.224. The molecule has 202 valence electrons. The van der Waals surface area contributed by atoms with Crippen LogP contribution in [0.2, 0.25) is 18.1 Å². The molecule has 0 saturated heterocycles. The Kier molecular flexibility index (Phi) is 8.15. The van der Waals surface area contributed by atoms with E-state index in [0.717, 1.165) is 17.5 Å². The van der Waals surface area contributed by atoms with Gasteiger partial charge < -0.3 is 10.1 Å². The molecule has 2 amide bonds. The molecule has 0 saturated carbocycles. The monoisotopic (exact) mass is 544 g/mol. The summed E-state index contributed by atoms with van der Waals surface area (Å²) in [5.74, 6) is 0.500. The van der Waals surface area contributed by atoms with Crippen molar-refractivity contribution in [2.75, 3.05) is 11.9 Å². The van der Waals surface area contributed by atoms with Gasteiger partial charge in [0.2, 0.25) is 5.88 Å². The standard InChI is InChI=1S/C26H40N6O3SSi/c1-17(2)20-13-19(15-27)14-21(18(3)4)23(20)29-25(33)30-36(34,31-37(8,9)26(5,6)7)22-16-28-32-11-10-12-35-24(22)32/h13-14,16-18H,10-12H2,1-9H3,(H2,29,30,31,33,34). The number of amides is 2. The number of carbonyl (C=O) groups excluding carboxylic acids is 1. The van der Waals surface area contributed by atoms with E-state index in [9.17, 15) is 14.3 Å². The molecular formula is C26H40N6O3SSi. The minimum atomic E-state index is -3.44. The maximum Gasteiger partial charge on any atom is 0.331 e. The van der Waals surface area contributed by atoms with Gasteiger partial charge in [0.1, 0.15) is 4.90 Å². The van der Waals surface area contributed by atoms with Gasteiger partial charge in [0.25, 0.3) is 0 Å². The molecule has 1 unspecified atom stereocenters. The first-order valence-electron chi connectivity index (χ1n) is 12.7. The fourth-order valence-corrected chi connectivity index (χ4v) is 9.14. The number of nitrogens with one attached hydrogen (secondary N) is 2. The number of carbonyl (C=O) groups is 1. The summed E-state index contributed by atoms with van der Waals surface area (Å²) in [6.07, 6.45) is 2.30. The van der Waals surface area contributed by atoms with Crippen LogP contribution in [0.3, 0.4) is 0 Å². The summed E-state index contributed by atoms with van der Waals surface area (Å²) in [6, 6.07) is 5.18. The van der Waals surface area contributed by atoms with Crippen LogP contribution < -0.4 is 14.8 Å². The Morgan fingerprint density at radius 2 is 1.81 bits per heavy atom. The van der Waals surface area contributed by atoms with E-state index in [2.05, 4.69) is 42.0 Å². The van der Waals surface area contributed by atoms with Crippen LogP contribution in [0.5, 0.6) is 5.88 Å². The second kappa shape index (κ2) is 10.5. The van der Waals surface area contributed by atoms with E-state index in [4.69, 9.17) is 8.77 Å². The average Bonchev–Trinajstić information content (AvgIpc) is 3.22. The van der Waals surface area contributed by atoms with E-state index in [1.165, 1.54) is 6.20 Å². The summed E-state index contributed by atoms with van der Waals surface area (Å²) >= 11 is 0. The first-order valence-corrected chi connectivity index (χ1v) is 17.2. The Labute approximate surface area is 222 Å². The molecule has 0 spiro atoms. The predicted octanol–water partition coefficient (Wildman–Crippen LogP) is 6.35. The van der Waals surface area contributed by atoms with Crippen molar-refractivity contribution in [1.29, 1.82) is 5.26 Å². The molecule has 1 atom stereocenters. The molecule has 0 fully saturated rings. The van der Waals surface area contributed by atoms with Crippen LogP contribution in [-0.4, -0.2) is 34.9 Å². The van der Waals surface area contributed by atoms with Crippen molar-refractivity contribution >= 4 is 29.9 Å². The molecule has 2 N–H and O–H groups in total. The van der Waals surface area contributed by atoms with Crippen molar-refractivity contribution in [3.8, 4) is 11.9 Å². The zero-order valence-corrected chi connectivity index (χ0v) is 25.2. The third-order valence-corrected chi connectivity index (χ3v) is 14.9. The fraction of sp³-hybridized carbons (Fsp3) is 0.577. The van der Waals surface area contributed by atoms with Crippen molar-refractivity contribution < 1.29 is 13.7 Å². The molecule has 0 radical (unpaired) electrons. The molecule has 37 heavy (non-hydrogen) atoms. The lowest BCUT2D eigenvalue weighted by Gasteiger charge is -2.33. The van der Waals surface area contributed by atoms with Crippen LogP contribution in [0, 0.1) is 11.3 Å². The first-order chi connectivity index (χ1) is 17.1. The number of nitriles is 1. The van der Waals surface area contributed by atoms with E-state index >= 15 is 0 Å². The molecule has 1 aromatic heterocycles. The molecule has 1 aliphatic rings. The van der Waals surface area contributed by atoms with Crippen molar-refractivity contribution in [1.82, 2.24) is 14.5 Å². The summed E-state index contributed by atoms with van der Waals surface area (Å²) < 4.78 is 29.8. The predicted molar refractivity (Wildman–Crippen MR) is 150 cm³/mol. The molecule has 1 aliphatic heterocycles. The third-order valence-electron chi connectivity index (χ3n) is 7.04. The number of aryl methyl sites for hydroxylation is 1. The maximum absolute atomic E-state index is 14.6. The van der Waals surface area contributed by atoms with Gasteiger partial charge in [0.05, 0.1) is 24.4 Å². The van der Waals surface area contributed by atoms with Crippen LogP contribution in [-0.2, 0) is 16.5 Å². The van der Waals surface area contributed by atoms with Gasteiger partial charge in [-0.05, 0) is 53.2 Å². The number of hydrogen-bond acceptors (Lipinski definition) is 6. The van der Waals surface area contributed by atoms with Gasteiger partial charge in [0.15, 0.2) is 18.2 Å². The lowest BCUT2D eigenvalue weighted by Crippen LogP contribution is -2.41. The topological polar surface area (TPSA) is 121 Å². The van der Waals surface area contributed by atoms with Gasteiger partial charge in [0, 0.05) is 18.7 Å². The number of aromatic nitrogens is 2. The highest BCUT2D eigenvalue weighted by molar-refractivity contribution is 7.93. The highest BCUT2D eigenvalue weighted by Gasteiger charge is 2.39. The van der Waals surface area contributed by atoms with Crippen molar-refractivity contribution in [2.24, 2.45) is 4.03 Å². The van der Waals surface area contributed by atoms with Gasteiger partial charge in [-0.1, -0.05) is 48.5 Å². The molecule has 2 heterocycles. The van der Waals surface area contributed by atoms with Gasteiger partial charge in [-0.3, -0.25) is 4.03 Å². The summed E-state index contributed by atoms with van der Waals surface area (Å²) in [4.78, 5) is 13.8. The third kappa shape index (κ3) is 6.01. The van der Waals surface area contributed by atoms with E-state index in [0.29, 0.717) is 35.2 Å². The van der Waals surface area contributed by atoms with E-state index in [1.807, 2.05) is 40.8 Å². The fourth-order valence-electron chi connectivity index (χ4n) is 3.89. The first kappa shape index (κ1) is 28.7. The highest BCUT2D eigenvalue weighted by Crippen LogP contribution is 2.39. The molecule has 1 aromatic carbocycles. The maximum atomic E-state index is 14.6. The largest absolute Gasteiger partial charge is 0.477 e. The summed E-state index contributed by atoms with van der Waals surface area (Å²) in [5, 5.41) is 16.7. The number of nitrogens with zero attached hydrogens (tertiary/aromatic N) is 4. The number of ether oxygens (including phenoxy) is 1. The molecule has 2 aromatic rings. The van der Waals surface area contributed by atoms with Gasteiger partial charge in [-0.2, -0.15) is 10.4 Å². The molecule has 3 rings (SSSR count). The lowest BCUT2D eigenvalue weighted by atomic mass is 9.90. The van der Waals surface area contributed by atoms with Crippen LogP contribution in [0.15, 0.2) is 27.3 Å². The Balaban J connectivity index is 2.12. The summed E-state index contributed by atoms with van der Waals surface area (Å²) in [7, 11) is -5.93. The number of benzene rings is 1. The zero-order chi connectivity index (χ0) is 27.8. The van der Waals surface area contributed by atoms with Gasteiger partial charge in [-0.25, -0.2) is 18.4 Å². The molecule has 9 nitrogen and oxygen atoms in total. The number of rotatable bonds is 6. The second-order valence-electron chi connectivity index (χ2n) is 11.7. The minimum absolute atomic E-state index is 0.0541. The Morgan fingerprint density at radius 3 is 2.32 bits per heavy atom. The zero-order valence-electron chi connectivity index (χ0n) is 23.4. The van der Waals surface area contributed by atoms with Crippen LogP contribution in [0.25, 0.3) is 0 Å². The van der Waals surface area contributed by atoms with Crippen LogP contribution >= 0.6 is 0 Å². The minimum Gasteiger partial charge on any atom is -0.477 e. The molecule has 11 heteroatoms.